The summed E-state index contributed by atoms with van der Waals surface area (Å²) in [6.45, 7) is 3.16. The molecule has 2 rings (SSSR count). The van der Waals surface area contributed by atoms with E-state index in [2.05, 4.69) is 5.32 Å². The third-order valence-electron chi connectivity index (χ3n) is 3.90. The zero-order valence-electron chi connectivity index (χ0n) is 13.9. The van der Waals surface area contributed by atoms with E-state index in [4.69, 9.17) is 5.73 Å². The van der Waals surface area contributed by atoms with Gasteiger partial charge in [0.15, 0.2) is 5.78 Å². The van der Waals surface area contributed by atoms with Gasteiger partial charge in [-0.3, -0.25) is 18.7 Å². The van der Waals surface area contributed by atoms with Gasteiger partial charge >= 0.3 is 5.69 Å². The molecule has 24 heavy (non-hydrogen) atoms. The highest BCUT2D eigenvalue weighted by atomic mass is 19.1. The fourth-order valence-electron chi connectivity index (χ4n) is 2.31. The average molecular weight is 334 g/mol. The molecule has 1 aromatic heterocycles. The lowest BCUT2D eigenvalue weighted by Gasteiger charge is -2.17. The Balaban J connectivity index is 2.40. The Morgan fingerprint density at radius 1 is 1.25 bits per heavy atom. The highest BCUT2D eigenvalue weighted by molar-refractivity contribution is 6.04. The minimum atomic E-state index is -0.834. The van der Waals surface area contributed by atoms with Crippen molar-refractivity contribution in [2.75, 3.05) is 11.1 Å². The summed E-state index contributed by atoms with van der Waals surface area (Å²) in [5, 5.41) is 2.84. The van der Waals surface area contributed by atoms with E-state index in [1.54, 1.807) is 19.1 Å². The number of aryl methyl sites for hydroxylation is 1. The fraction of sp³-hybridized carbons (Fsp3) is 0.312. The predicted octanol–water partition coefficient (Wildman–Crippen LogP) is 0.797. The van der Waals surface area contributed by atoms with Gasteiger partial charge in [0, 0.05) is 19.8 Å². The molecule has 0 spiro atoms. The Morgan fingerprint density at radius 3 is 2.46 bits per heavy atom. The van der Waals surface area contributed by atoms with E-state index in [-0.39, 0.29) is 11.4 Å². The number of nitrogens with one attached hydrogen (secondary N) is 1. The van der Waals surface area contributed by atoms with Gasteiger partial charge in [0.25, 0.3) is 5.56 Å². The van der Waals surface area contributed by atoms with Gasteiger partial charge in [-0.15, -0.1) is 0 Å². The topological polar surface area (TPSA) is 99.1 Å². The molecule has 0 saturated carbocycles. The third kappa shape index (κ3) is 2.94. The summed E-state index contributed by atoms with van der Waals surface area (Å²) < 4.78 is 15.5. The molecule has 0 aliphatic rings. The molecule has 1 atom stereocenters. The molecule has 128 valence electrons. The number of hydrogen-bond donors (Lipinski definition) is 2. The van der Waals surface area contributed by atoms with E-state index in [1.165, 1.54) is 27.1 Å². The van der Waals surface area contributed by atoms with Gasteiger partial charge in [0.05, 0.1) is 6.04 Å². The average Bonchev–Trinajstić information content (AvgIpc) is 2.54. The van der Waals surface area contributed by atoms with Crippen molar-refractivity contribution in [3.63, 3.8) is 0 Å². The van der Waals surface area contributed by atoms with Gasteiger partial charge in [0.2, 0.25) is 0 Å². The van der Waals surface area contributed by atoms with Crippen LogP contribution in [0.1, 0.15) is 22.8 Å². The number of nitrogens with zero attached hydrogens (tertiary/aromatic N) is 2. The van der Waals surface area contributed by atoms with Crippen LogP contribution in [0.4, 0.5) is 15.9 Å². The quantitative estimate of drug-likeness (QED) is 0.806. The van der Waals surface area contributed by atoms with Crippen LogP contribution >= 0.6 is 0 Å². The van der Waals surface area contributed by atoms with Crippen molar-refractivity contribution in [2.24, 2.45) is 14.1 Å². The summed E-state index contributed by atoms with van der Waals surface area (Å²) in [4.78, 5) is 36.6. The first kappa shape index (κ1) is 17.5. The zero-order valence-corrected chi connectivity index (χ0v) is 13.9. The van der Waals surface area contributed by atoms with Crippen LogP contribution in [0.3, 0.4) is 0 Å². The van der Waals surface area contributed by atoms with Gasteiger partial charge in [0.1, 0.15) is 17.2 Å². The van der Waals surface area contributed by atoms with Crippen molar-refractivity contribution in [2.45, 2.75) is 19.9 Å². The van der Waals surface area contributed by atoms with Crippen molar-refractivity contribution in [1.29, 1.82) is 0 Å². The predicted molar refractivity (Wildman–Crippen MR) is 89.9 cm³/mol. The number of nitrogen functional groups attached to an aromatic ring is 1. The first-order chi connectivity index (χ1) is 11.1. The van der Waals surface area contributed by atoms with Gasteiger partial charge in [-0.25, -0.2) is 9.18 Å². The fourth-order valence-corrected chi connectivity index (χ4v) is 2.31. The van der Waals surface area contributed by atoms with Gasteiger partial charge in [-0.05, 0) is 31.5 Å². The largest absolute Gasteiger partial charge is 0.384 e. The summed E-state index contributed by atoms with van der Waals surface area (Å²) in [5.41, 5.74) is 5.01. The number of carbonyl (C=O) groups excluding carboxylic acids is 1. The van der Waals surface area contributed by atoms with E-state index >= 15 is 0 Å². The third-order valence-corrected chi connectivity index (χ3v) is 3.90. The number of ketones is 1. The Labute approximate surface area is 137 Å². The van der Waals surface area contributed by atoms with Gasteiger partial charge < -0.3 is 11.1 Å². The second-order valence-corrected chi connectivity index (χ2v) is 5.66. The van der Waals surface area contributed by atoms with Crippen LogP contribution in [-0.2, 0) is 14.1 Å². The maximum Gasteiger partial charge on any atom is 0.332 e. The van der Waals surface area contributed by atoms with Crippen LogP contribution in [0, 0.1) is 12.7 Å². The number of carbonyl (C=O) groups is 1. The molecule has 2 aromatic rings. The van der Waals surface area contributed by atoms with Gasteiger partial charge in [-0.1, -0.05) is 6.07 Å². The minimum absolute atomic E-state index is 0.197. The van der Waals surface area contributed by atoms with E-state index in [0.29, 0.717) is 11.3 Å². The zero-order chi connectivity index (χ0) is 18.2. The molecule has 0 aliphatic heterocycles. The van der Waals surface area contributed by atoms with E-state index in [1.807, 2.05) is 0 Å². The molecule has 1 heterocycles. The normalized spacial score (nSPS) is 12.0. The molecule has 1 aromatic carbocycles. The summed E-state index contributed by atoms with van der Waals surface area (Å²) >= 11 is 0. The molecular weight excluding hydrogens is 315 g/mol. The summed E-state index contributed by atoms with van der Waals surface area (Å²) in [7, 11) is 2.65. The first-order valence-corrected chi connectivity index (χ1v) is 7.27. The van der Waals surface area contributed by atoms with Crippen LogP contribution in [0.15, 0.2) is 27.8 Å². The van der Waals surface area contributed by atoms with Crippen LogP contribution in [-0.4, -0.2) is 21.0 Å². The van der Waals surface area contributed by atoms with Crippen LogP contribution in [0.5, 0.6) is 0 Å². The molecule has 1 unspecified atom stereocenters. The summed E-state index contributed by atoms with van der Waals surface area (Å²) in [6.07, 6.45) is 0. The maximum absolute atomic E-state index is 13.6. The second-order valence-electron chi connectivity index (χ2n) is 5.66. The van der Waals surface area contributed by atoms with E-state index in [9.17, 15) is 18.8 Å². The molecular formula is C16H19FN4O3. The van der Waals surface area contributed by atoms with E-state index < -0.39 is 28.9 Å². The smallest absolute Gasteiger partial charge is 0.332 e. The molecule has 0 saturated heterocycles. The molecule has 3 N–H and O–H groups in total. The molecule has 0 bridgehead atoms. The summed E-state index contributed by atoms with van der Waals surface area (Å²) in [6, 6.07) is 3.64. The second kappa shape index (κ2) is 6.31. The van der Waals surface area contributed by atoms with Crippen molar-refractivity contribution >= 4 is 17.3 Å². The lowest BCUT2D eigenvalue weighted by atomic mass is 10.1. The lowest BCUT2D eigenvalue weighted by molar-refractivity contribution is 0.0973. The first-order valence-electron chi connectivity index (χ1n) is 7.27. The van der Waals surface area contributed by atoms with E-state index in [0.717, 1.165) is 9.13 Å². The Bertz CT molecular complexity index is 930. The molecule has 0 fully saturated rings. The molecule has 0 aliphatic carbocycles. The monoisotopic (exact) mass is 334 g/mol. The molecule has 8 heteroatoms. The Kier molecular flexibility index (Phi) is 4.59. The number of halogens is 1. The number of nitrogens with two attached hydrogens (primary N) is 1. The van der Waals surface area contributed by atoms with Crippen LogP contribution in [0.2, 0.25) is 0 Å². The van der Waals surface area contributed by atoms with Crippen molar-refractivity contribution in [3.8, 4) is 0 Å². The number of rotatable bonds is 4. The molecule has 0 radical (unpaired) electrons. The number of aromatic nitrogens is 2. The minimum Gasteiger partial charge on any atom is -0.384 e. The number of anilines is 2. The Hall–Kier alpha value is -2.90. The number of benzene rings is 1. The van der Waals surface area contributed by atoms with Crippen LogP contribution in [0.25, 0.3) is 0 Å². The standard InChI is InChI=1S/C16H19FN4O3/c1-8-5-6-10(7-11(8)17)19-9(2)13(22)12-14(18)20(3)16(24)21(4)15(12)23/h5-7,9,19H,18H2,1-4H3. The highest BCUT2D eigenvalue weighted by Crippen LogP contribution is 2.16. The molecule has 0 amide bonds. The summed E-state index contributed by atoms with van der Waals surface area (Å²) in [5.74, 6) is -1.18. The van der Waals surface area contributed by atoms with Crippen molar-refractivity contribution in [3.05, 3.63) is 56.0 Å². The van der Waals surface area contributed by atoms with Crippen LogP contribution < -0.4 is 22.3 Å². The molecule has 7 nitrogen and oxygen atoms in total. The lowest BCUT2D eigenvalue weighted by Crippen LogP contribution is -2.43. The SMILES string of the molecule is Cc1ccc(NC(C)C(=O)c2c(N)n(C)c(=O)n(C)c2=O)cc1F. The van der Waals surface area contributed by atoms with Gasteiger partial charge in [-0.2, -0.15) is 0 Å². The van der Waals surface area contributed by atoms with Crippen molar-refractivity contribution < 1.29 is 9.18 Å². The maximum atomic E-state index is 13.6. The number of hydrogen-bond acceptors (Lipinski definition) is 5. The highest BCUT2D eigenvalue weighted by Gasteiger charge is 2.24. The Morgan fingerprint density at radius 2 is 1.88 bits per heavy atom. The number of Topliss-reactive ketones (excluding diaryl/α,β-unsaturated/α-hetero) is 1. The van der Waals surface area contributed by atoms with Crippen molar-refractivity contribution in [1.82, 2.24) is 9.13 Å².